The lowest BCUT2D eigenvalue weighted by atomic mass is 10.3. The zero-order chi connectivity index (χ0) is 15.4. The number of rotatable bonds is 6. The molecule has 0 aliphatic heterocycles. The van der Waals surface area contributed by atoms with Gasteiger partial charge in [-0.2, -0.15) is 0 Å². The predicted molar refractivity (Wildman–Crippen MR) is 83.9 cm³/mol. The van der Waals surface area contributed by atoms with Gasteiger partial charge in [0.25, 0.3) is 5.91 Å². The van der Waals surface area contributed by atoms with Crippen molar-refractivity contribution in [3.63, 3.8) is 0 Å². The summed E-state index contributed by atoms with van der Waals surface area (Å²) in [5.74, 6) is -0.646. The number of thioether (sulfide) groups is 1. The van der Waals surface area contributed by atoms with Crippen LogP contribution in [0.4, 0.5) is 0 Å². The molecule has 0 radical (unpaired) electrons. The lowest BCUT2D eigenvalue weighted by Crippen LogP contribution is -2.37. The van der Waals surface area contributed by atoms with E-state index >= 15 is 0 Å². The largest absolute Gasteiger partial charge is 0.452 e. The first-order chi connectivity index (χ1) is 9.95. The second-order valence-corrected chi connectivity index (χ2v) is 6.64. The molecule has 21 heavy (non-hydrogen) atoms. The van der Waals surface area contributed by atoms with E-state index in [9.17, 15) is 9.59 Å². The Balaban J connectivity index is 1.78. The number of hydrogen-bond donors (Lipinski definition) is 1. The number of amides is 1. The predicted octanol–water partition coefficient (Wildman–Crippen LogP) is 3.30. The summed E-state index contributed by atoms with van der Waals surface area (Å²) in [5, 5.41) is 3.86. The summed E-state index contributed by atoms with van der Waals surface area (Å²) in [6, 6.07) is 5.28. The van der Waals surface area contributed by atoms with Crippen molar-refractivity contribution in [1.29, 1.82) is 0 Å². The van der Waals surface area contributed by atoms with Crippen LogP contribution in [0, 0.1) is 0 Å². The Morgan fingerprint density at radius 3 is 2.81 bits per heavy atom. The normalized spacial score (nSPS) is 15.4. The van der Waals surface area contributed by atoms with Crippen LogP contribution >= 0.6 is 35.0 Å². The molecule has 1 atom stereocenters. The number of halogens is 2. The van der Waals surface area contributed by atoms with Crippen molar-refractivity contribution in [1.82, 2.24) is 5.32 Å². The molecule has 1 aromatic rings. The summed E-state index contributed by atoms with van der Waals surface area (Å²) in [6.07, 6.45) is 1.21. The van der Waals surface area contributed by atoms with Gasteiger partial charge < -0.3 is 10.1 Å². The Labute approximate surface area is 137 Å². The van der Waals surface area contributed by atoms with E-state index in [1.165, 1.54) is 11.8 Å². The lowest BCUT2D eigenvalue weighted by Gasteiger charge is -2.13. The molecule has 0 saturated heterocycles. The minimum atomic E-state index is -0.784. The Morgan fingerprint density at radius 2 is 2.14 bits per heavy atom. The van der Waals surface area contributed by atoms with Gasteiger partial charge in [-0.1, -0.05) is 23.2 Å². The SMILES string of the molecule is C[C@@H](OC(=O)CSc1cc(Cl)ccc1Cl)C(=O)NC1CC1. The molecule has 7 heteroatoms. The van der Waals surface area contributed by atoms with Crippen molar-refractivity contribution in [2.75, 3.05) is 5.75 Å². The van der Waals surface area contributed by atoms with Gasteiger partial charge in [0, 0.05) is 16.0 Å². The standard InChI is InChI=1S/C14H15Cl2NO3S/c1-8(14(19)17-10-3-4-10)20-13(18)7-21-12-6-9(15)2-5-11(12)16/h2,5-6,8,10H,3-4,7H2,1H3,(H,17,19)/t8-/m1/s1. The highest BCUT2D eigenvalue weighted by Gasteiger charge is 2.27. The van der Waals surface area contributed by atoms with Crippen LogP contribution in [0.5, 0.6) is 0 Å². The number of benzene rings is 1. The van der Waals surface area contributed by atoms with Crippen molar-refractivity contribution in [3.05, 3.63) is 28.2 Å². The number of esters is 1. The molecular formula is C14H15Cl2NO3S. The molecule has 1 aliphatic carbocycles. The molecule has 1 amide bonds. The van der Waals surface area contributed by atoms with Gasteiger partial charge in [0.05, 0.1) is 10.8 Å². The molecule has 0 unspecified atom stereocenters. The minimum absolute atomic E-state index is 0.0705. The highest BCUT2D eigenvalue weighted by atomic mass is 35.5. The molecule has 1 aromatic carbocycles. The maximum atomic E-state index is 11.7. The van der Waals surface area contributed by atoms with E-state index in [4.69, 9.17) is 27.9 Å². The summed E-state index contributed by atoms with van der Waals surface area (Å²) in [7, 11) is 0. The maximum absolute atomic E-state index is 11.7. The fourth-order valence-electron chi connectivity index (χ4n) is 1.56. The summed E-state index contributed by atoms with van der Waals surface area (Å²) >= 11 is 13.1. The molecule has 1 N–H and O–H groups in total. The van der Waals surface area contributed by atoms with Gasteiger partial charge in [0.2, 0.25) is 0 Å². The maximum Gasteiger partial charge on any atom is 0.317 e. The second-order valence-electron chi connectivity index (χ2n) is 4.78. The average molecular weight is 348 g/mol. The number of ether oxygens (including phenoxy) is 1. The summed E-state index contributed by atoms with van der Waals surface area (Å²) in [6.45, 7) is 1.56. The first-order valence-corrected chi connectivity index (χ1v) is 8.27. The molecule has 1 aliphatic rings. The third-order valence-electron chi connectivity index (χ3n) is 2.84. The first kappa shape index (κ1) is 16.5. The molecule has 114 valence electrons. The highest BCUT2D eigenvalue weighted by Crippen LogP contribution is 2.29. The third-order valence-corrected chi connectivity index (χ3v) is 4.55. The monoisotopic (exact) mass is 347 g/mol. The van der Waals surface area contributed by atoms with Gasteiger partial charge in [-0.3, -0.25) is 9.59 Å². The molecule has 1 saturated carbocycles. The Morgan fingerprint density at radius 1 is 1.43 bits per heavy atom. The summed E-state index contributed by atoms with van der Waals surface area (Å²) in [5.41, 5.74) is 0. The average Bonchev–Trinajstić information content (AvgIpc) is 3.23. The lowest BCUT2D eigenvalue weighted by molar-refractivity contribution is -0.152. The van der Waals surface area contributed by atoms with Crippen molar-refractivity contribution < 1.29 is 14.3 Å². The van der Waals surface area contributed by atoms with Crippen LogP contribution in [0.3, 0.4) is 0 Å². The van der Waals surface area contributed by atoms with E-state index in [1.54, 1.807) is 25.1 Å². The molecule has 4 nitrogen and oxygen atoms in total. The summed E-state index contributed by atoms with van der Waals surface area (Å²) in [4.78, 5) is 24.1. The van der Waals surface area contributed by atoms with Gasteiger partial charge in [-0.25, -0.2) is 0 Å². The first-order valence-electron chi connectivity index (χ1n) is 6.53. The number of hydrogen-bond acceptors (Lipinski definition) is 4. The van der Waals surface area contributed by atoms with Crippen LogP contribution < -0.4 is 5.32 Å². The van der Waals surface area contributed by atoms with Crippen molar-refractivity contribution in [2.24, 2.45) is 0 Å². The molecule has 2 rings (SSSR count). The third kappa shape index (κ3) is 5.41. The topological polar surface area (TPSA) is 55.4 Å². The second kappa shape index (κ2) is 7.38. The van der Waals surface area contributed by atoms with Gasteiger partial charge in [0.15, 0.2) is 6.10 Å². The fraction of sp³-hybridized carbons (Fsp3) is 0.429. The van der Waals surface area contributed by atoms with Crippen LogP contribution in [-0.2, 0) is 14.3 Å². The number of carbonyl (C=O) groups excluding carboxylic acids is 2. The zero-order valence-corrected chi connectivity index (χ0v) is 13.7. The number of nitrogens with one attached hydrogen (secondary N) is 1. The van der Waals surface area contributed by atoms with Crippen LogP contribution in [0.15, 0.2) is 23.1 Å². The van der Waals surface area contributed by atoms with Gasteiger partial charge in [-0.15, -0.1) is 11.8 Å². The van der Waals surface area contributed by atoms with Crippen molar-refractivity contribution in [3.8, 4) is 0 Å². The van der Waals surface area contributed by atoms with Crippen LogP contribution in [-0.4, -0.2) is 29.8 Å². The zero-order valence-electron chi connectivity index (χ0n) is 11.4. The quantitative estimate of drug-likeness (QED) is 0.633. The molecule has 0 bridgehead atoms. The Hall–Kier alpha value is -0.910. The smallest absolute Gasteiger partial charge is 0.317 e. The molecule has 0 aromatic heterocycles. The molecule has 0 heterocycles. The fourth-order valence-corrected chi connectivity index (χ4v) is 2.83. The van der Waals surface area contributed by atoms with Crippen LogP contribution in [0.2, 0.25) is 10.0 Å². The molecule has 1 fully saturated rings. The van der Waals surface area contributed by atoms with E-state index in [2.05, 4.69) is 5.32 Å². The van der Waals surface area contributed by atoms with E-state index < -0.39 is 12.1 Å². The van der Waals surface area contributed by atoms with Crippen LogP contribution in [0.25, 0.3) is 0 Å². The van der Waals surface area contributed by atoms with Crippen LogP contribution in [0.1, 0.15) is 19.8 Å². The van der Waals surface area contributed by atoms with E-state index in [0.29, 0.717) is 14.9 Å². The van der Waals surface area contributed by atoms with E-state index in [-0.39, 0.29) is 17.7 Å². The van der Waals surface area contributed by atoms with Gasteiger partial charge in [-0.05, 0) is 38.0 Å². The van der Waals surface area contributed by atoms with Gasteiger partial charge >= 0.3 is 5.97 Å². The molecule has 0 spiro atoms. The van der Waals surface area contributed by atoms with Crippen molar-refractivity contribution in [2.45, 2.75) is 36.8 Å². The molecular weight excluding hydrogens is 333 g/mol. The van der Waals surface area contributed by atoms with Crippen molar-refractivity contribution >= 4 is 46.8 Å². The minimum Gasteiger partial charge on any atom is -0.452 e. The van der Waals surface area contributed by atoms with Gasteiger partial charge in [0.1, 0.15) is 0 Å². The highest BCUT2D eigenvalue weighted by molar-refractivity contribution is 8.00. The number of carbonyl (C=O) groups is 2. The Kier molecular flexibility index (Phi) is 5.79. The van der Waals surface area contributed by atoms with E-state index in [1.807, 2.05) is 0 Å². The Bertz CT molecular complexity index is 549. The van der Waals surface area contributed by atoms with E-state index in [0.717, 1.165) is 12.8 Å². The summed E-state index contributed by atoms with van der Waals surface area (Å²) < 4.78 is 5.08.